The number of carboxylic acids is 2. The van der Waals surface area contributed by atoms with Crippen molar-refractivity contribution in [3.8, 4) is 0 Å². The van der Waals surface area contributed by atoms with E-state index in [-0.39, 0.29) is 52.4 Å². The first kappa shape index (κ1) is 42.1. The van der Waals surface area contributed by atoms with Crippen molar-refractivity contribution in [3.63, 3.8) is 0 Å². The van der Waals surface area contributed by atoms with Crippen LogP contribution < -0.4 is 10.6 Å². The first-order valence-electron chi connectivity index (χ1n) is 14.6. The van der Waals surface area contributed by atoms with E-state index in [4.69, 9.17) is 14.8 Å². The zero-order chi connectivity index (χ0) is 37.6. The molecule has 0 radical (unpaired) electrons. The number of aromatic nitrogens is 3. The summed E-state index contributed by atoms with van der Waals surface area (Å²) in [6.45, 7) is 9.95. The van der Waals surface area contributed by atoms with Crippen molar-refractivity contribution in [1.29, 1.82) is 0 Å². The third-order valence-electron chi connectivity index (χ3n) is 6.07. The number of halogens is 3. The largest absolute Gasteiger partial charge is 0.480 e. The second-order valence-corrected chi connectivity index (χ2v) is 12.7. The van der Waals surface area contributed by atoms with Gasteiger partial charge in [-0.15, -0.1) is 0 Å². The third-order valence-corrected chi connectivity index (χ3v) is 6.79. The maximum absolute atomic E-state index is 13.6. The van der Waals surface area contributed by atoms with Crippen molar-refractivity contribution < 1.29 is 55.5 Å². The summed E-state index contributed by atoms with van der Waals surface area (Å²) in [5, 5.41) is 21.3. The number of hydrogen-bond acceptors (Lipinski definition) is 9. The monoisotopic (exact) mass is 713 g/mol. The Morgan fingerprint density at radius 3 is 1.33 bits per heavy atom. The highest BCUT2D eigenvalue weighted by Crippen LogP contribution is 2.18. The SMILES string of the molecule is CC(C)c1ncc(C(=O)NCC(=O)O)cc1F.CC(C)c1ncc(C(=O)NCCS(=O)(=O)O)cc1F.CC(C)c1ncc(C(=O)O)cc1F. The highest BCUT2D eigenvalue weighted by molar-refractivity contribution is 7.85. The lowest BCUT2D eigenvalue weighted by molar-refractivity contribution is -0.135. The Kier molecular flexibility index (Phi) is 16.4. The van der Waals surface area contributed by atoms with E-state index in [9.17, 15) is 40.8 Å². The molecule has 0 fully saturated rings. The topological polar surface area (TPSA) is 226 Å². The molecule has 49 heavy (non-hydrogen) atoms. The van der Waals surface area contributed by atoms with E-state index < -0.39 is 63.6 Å². The molecule has 0 aliphatic rings. The number of carbonyl (C=O) groups excluding carboxylic acids is 2. The van der Waals surface area contributed by atoms with Gasteiger partial charge in [0.2, 0.25) is 0 Å². The molecule has 0 atom stereocenters. The fourth-order valence-electron chi connectivity index (χ4n) is 3.64. The van der Waals surface area contributed by atoms with Gasteiger partial charge in [-0.05, 0) is 36.0 Å². The number of aliphatic carboxylic acids is 1. The summed E-state index contributed by atoms with van der Waals surface area (Å²) < 4.78 is 69.6. The minimum absolute atomic E-state index is 0.00256. The van der Waals surface area contributed by atoms with E-state index in [0.717, 1.165) is 18.2 Å². The van der Waals surface area contributed by atoms with Gasteiger partial charge in [-0.3, -0.25) is 33.9 Å². The normalized spacial score (nSPS) is 10.9. The standard InChI is InChI=1S/C11H15FN2O4S.C11H13FN2O3.C9H10FNO2/c1-7(2)10-9(12)5-8(6-14-10)11(15)13-3-4-19(16,17)18;1-6(2)10-8(12)3-7(4-13-10)11(17)14-5-9(15)16;1-5(2)8-7(10)3-6(4-11-8)9(12)13/h5-7H,3-4H2,1-2H3,(H,13,15)(H,16,17,18);3-4,6H,5H2,1-2H3,(H,14,17)(H,15,16);3-5H,1-2H3,(H,12,13). The molecule has 3 aromatic rings. The van der Waals surface area contributed by atoms with Crippen LogP contribution in [-0.4, -0.2) is 80.7 Å². The molecule has 0 aliphatic heterocycles. The van der Waals surface area contributed by atoms with Crippen LogP contribution in [0.1, 0.15) is 107 Å². The molecular formula is C31H38F3N5O9S. The predicted molar refractivity (Wildman–Crippen MR) is 171 cm³/mol. The molecule has 2 amide bonds. The molecule has 5 N–H and O–H groups in total. The van der Waals surface area contributed by atoms with E-state index >= 15 is 0 Å². The minimum atomic E-state index is -4.13. The van der Waals surface area contributed by atoms with Gasteiger partial charge in [0, 0.05) is 25.1 Å². The molecule has 0 aromatic carbocycles. The number of carboxylic acid groups (broad SMARTS) is 2. The van der Waals surface area contributed by atoms with Crippen LogP contribution in [0.15, 0.2) is 36.8 Å². The van der Waals surface area contributed by atoms with Crippen molar-refractivity contribution >= 4 is 33.9 Å². The Morgan fingerprint density at radius 1 is 0.673 bits per heavy atom. The van der Waals surface area contributed by atoms with Gasteiger partial charge in [0.15, 0.2) is 0 Å². The van der Waals surface area contributed by atoms with Crippen LogP contribution in [0.5, 0.6) is 0 Å². The molecular weight excluding hydrogens is 675 g/mol. The molecule has 0 bridgehead atoms. The average molecular weight is 714 g/mol. The van der Waals surface area contributed by atoms with E-state index in [1.807, 2.05) is 0 Å². The Morgan fingerprint density at radius 2 is 1.02 bits per heavy atom. The quantitative estimate of drug-likeness (QED) is 0.177. The number of nitrogens with one attached hydrogen (secondary N) is 2. The van der Waals surface area contributed by atoms with Crippen molar-refractivity contribution in [3.05, 3.63) is 88.0 Å². The number of rotatable bonds is 11. The molecule has 0 saturated heterocycles. The summed E-state index contributed by atoms with van der Waals surface area (Å²) in [6, 6.07) is 3.09. The van der Waals surface area contributed by atoms with Gasteiger partial charge in [0.25, 0.3) is 21.9 Å². The molecule has 3 aromatic heterocycles. The van der Waals surface area contributed by atoms with E-state index in [1.165, 1.54) is 18.6 Å². The summed E-state index contributed by atoms with van der Waals surface area (Å²) in [5.74, 6) is -6.16. The van der Waals surface area contributed by atoms with E-state index in [1.54, 1.807) is 41.5 Å². The van der Waals surface area contributed by atoms with Crippen LogP contribution in [0.2, 0.25) is 0 Å². The number of nitrogens with zero attached hydrogens (tertiary/aromatic N) is 3. The van der Waals surface area contributed by atoms with Gasteiger partial charge in [-0.1, -0.05) is 41.5 Å². The van der Waals surface area contributed by atoms with Gasteiger partial charge in [0.05, 0.1) is 39.5 Å². The van der Waals surface area contributed by atoms with Gasteiger partial charge in [0.1, 0.15) is 24.0 Å². The number of hydrogen-bond donors (Lipinski definition) is 5. The second-order valence-electron chi connectivity index (χ2n) is 11.2. The molecule has 0 unspecified atom stereocenters. The van der Waals surface area contributed by atoms with Gasteiger partial charge in [-0.25, -0.2) is 18.0 Å². The first-order valence-corrected chi connectivity index (χ1v) is 16.2. The Labute approximate surface area is 281 Å². The Hall–Kier alpha value is -4.97. The molecule has 18 heteroatoms. The van der Waals surface area contributed by atoms with Crippen molar-refractivity contribution in [2.45, 2.75) is 59.3 Å². The highest BCUT2D eigenvalue weighted by Gasteiger charge is 2.15. The van der Waals surface area contributed by atoms with Crippen LogP contribution in [0.4, 0.5) is 13.2 Å². The van der Waals surface area contributed by atoms with E-state index in [2.05, 4.69) is 25.6 Å². The summed E-state index contributed by atoms with van der Waals surface area (Å²) in [6.07, 6.45) is 3.62. The summed E-state index contributed by atoms with van der Waals surface area (Å²) >= 11 is 0. The maximum atomic E-state index is 13.6. The lowest BCUT2D eigenvalue weighted by atomic mass is 10.1. The fraction of sp³-hybridized carbons (Fsp3) is 0.387. The van der Waals surface area contributed by atoms with Gasteiger partial charge in [-0.2, -0.15) is 8.42 Å². The Bertz CT molecular complexity index is 1750. The number of amides is 2. The molecule has 268 valence electrons. The molecule has 0 aliphatic carbocycles. The van der Waals surface area contributed by atoms with Crippen LogP contribution >= 0.6 is 0 Å². The van der Waals surface area contributed by atoms with Crippen molar-refractivity contribution in [2.24, 2.45) is 0 Å². The summed E-state index contributed by atoms with van der Waals surface area (Å²) in [7, 11) is -4.13. The van der Waals surface area contributed by atoms with Gasteiger partial charge < -0.3 is 20.8 Å². The predicted octanol–water partition coefficient (Wildman–Crippen LogP) is 4.16. The number of aromatic carboxylic acids is 1. The van der Waals surface area contributed by atoms with Crippen LogP contribution in [0, 0.1) is 17.5 Å². The van der Waals surface area contributed by atoms with Gasteiger partial charge >= 0.3 is 11.9 Å². The molecule has 0 saturated carbocycles. The minimum Gasteiger partial charge on any atom is -0.480 e. The lowest BCUT2D eigenvalue weighted by Crippen LogP contribution is -2.29. The molecule has 0 spiro atoms. The third kappa shape index (κ3) is 14.8. The number of pyridine rings is 3. The van der Waals surface area contributed by atoms with Crippen molar-refractivity contribution in [1.82, 2.24) is 25.6 Å². The zero-order valence-electron chi connectivity index (χ0n) is 27.5. The lowest BCUT2D eigenvalue weighted by Gasteiger charge is -2.08. The first-order chi connectivity index (χ1) is 22.6. The van der Waals surface area contributed by atoms with Crippen LogP contribution in [-0.2, 0) is 14.9 Å². The molecule has 14 nitrogen and oxygen atoms in total. The summed E-state index contributed by atoms with van der Waals surface area (Å²) in [4.78, 5) is 55.1. The highest BCUT2D eigenvalue weighted by atomic mass is 32.2. The fourth-order valence-corrected chi connectivity index (χ4v) is 4.00. The molecule has 3 rings (SSSR count). The van der Waals surface area contributed by atoms with Crippen molar-refractivity contribution in [2.75, 3.05) is 18.8 Å². The zero-order valence-corrected chi connectivity index (χ0v) is 28.3. The molecule has 3 heterocycles. The summed E-state index contributed by atoms with van der Waals surface area (Å²) in [5.41, 5.74) is 0.714. The second kappa shape index (κ2) is 19.1. The smallest absolute Gasteiger partial charge is 0.337 e. The van der Waals surface area contributed by atoms with Crippen LogP contribution in [0.25, 0.3) is 0 Å². The maximum Gasteiger partial charge on any atom is 0.337 e. The van der Waals surface area contributed by atoms with Crippen LogP contribution in [0.3, 0.4) is 0 Å². The average Bonchev–Trinajstić information content (AvgIpc) is 2.99. The Balaban J connectivity index is 0.000000374. The number of carbonyl (C=O) groups is 4. The van der Waals surface area contributed by atoms with E-state index in [0.29, 0.717) is 5.69 Å².